The van der Waals surface area contributed by atoms with Crippen molar-refractivity contribution in [1.82, 2.24) is 9.97 Å². The fourth-order valence-corrected chi connectivity index (χ4v) is 3.55. The van der Waals surface area contributed by atoms with E-state index in [4.69, 9.17) is 0 Å². The van der Waals surface area contributed by atoms with Gasteiger partial charge in [0.2, 0.25) is 5.95 Å². The molecule has 1 aliphatic carbocycles. The first-order chi connectivity index (χ1) is 9.19. The molecule has 4 nitrogen and oxygen atoms in total. The molecule has 1 saturated carbocycles. The summed E-state index contributed by atoms with van der Waals surface area (Å²) >= 11 is 1.76. The molecule has 0 aromatic carbocycles. The van der Waals surface area contributed by atoms with Gasteiger partial charge in [-0.2, -0.15) is 4.98 Å². The third kappa shape index (κ3) is 2.39. The number of hydrogen-bond donors (Lipinski definition) is 2. The largest absolute Gasteiger partial charge is 0.367 e. The summed E-state index contributed by atoms with van der Waals surface area (Å²) in [6, 6.07) is 2.80. The quantitative estimate of drug-likeness (QED) is 0.897. The monoisotopic (exact) mass is 276 g/mol. The van der Waals surface area contributed by atoms with E-state index in [0.29, 0.717) is 12.0 Å². The van der Waals surface area contributed by atoms with Crippen molar-refractivity contribution in [1.29, 1.82) is 0 Å². The van der Waals surface area contributed by atoms with Gasteiger partial charge in [-0.3, -0.25) is 0 Å². The fourth-order valence-electron chi connectivity index (χ4n) is 2.58. The Labute approximate surface area is 117 Å². The number of hydrogen-bond acceptors (Lipinski definition) is 5. The van der Waals surface area contributed by atoms with Crippen molar-refractivity contribution in [2.75, 3.05) is 17.7 Å². The Balaban J connectivity index is 1.97. The van der Waals surface area contributed by atoms with E-state index in [2.05, 4.69) is 40.5 Å². The number of nitrogens with zero attached hydrogens (tertiary/aromatic N) is 2. The predicted octanol–water partition coefficient (Wildman–Crippen LogP) is 3.51. The minimum atomic E-state index is 0.572. The van der Waals surface area contributed by atoms with Crippen molar-refractivity contribution in [2.45, 2.75) is 39.2 Å². The molecule has 0 amide bonds. The summed E-state index contributed by atoms with van der Waals surface area (Å²) in [7, 11) is 1.87. The smallest absolute Gasteiger partial charge is 0.225 e. The lowest BCUT2D eigenvalue weighted by atomic mass is 9.82. The van der Waals surface area contributed by atoms with Crippen molar-refractivity contribution >= 4 is 33.3 Å². The summed E-state index contributed by atoms with van der Waals surface area (Å²) in [5.74, 6) is 2.53. The first-order valence-corrected chi connectivity index (χ1v) is 7.76. The Kier molecular flexibility index (Phi) is 3.31. The van der Waals surface area contributed by atoms with Gasteiger partial charge in [-0.05, 0) is 31.2 Å². The first-order valence-electron chi connectivity index (χ1n) is 6.94. The van der Waals surface area contributed by atoms with Crippen LogP contribution in [0, 0.1) is 5.92 Å². The molecule has 0 spiro atoms. The molecule has 2 aromatic heterocycles. The van der Waals surface area contributed by atoms with Gasteiger partial charge >= 0.3 is 0 Å². The van der Waals surface area contributed by atoms with Crippen molar-refractivity contribution in [2.24, 2.45) is 5.92 Å². The number of aromatic nitrogens is 2. The van der Waals surface area contributed by atoms with Crippen LogP contribution in [-0.4, -0.2) is 23.1 Å². The molecule has 19 heavy (non-hydrogen) atoms. The maximum absolute atomic E-state index is 4.59. The normalized spacial score (nSPS) is 22.3. The number of nitrogens with one attached hydrogen (secondary N) is 2. The van der Waals surface area contributed by atoms with Gasteiger partial charge in [0.05, 0.1) is 5.39 Å². The molecule has 102 valence electrons. The van der Waals surface area contributed by atoms with E-state index in [1.165, 1.54) is 23.1 Å². The Morgan fingerprint density at radius 2 is 2.16 bits per heavy atom. The molecule has 0 atom stereocenters. The average Bonchev–Trinajstić information content (AvgIpc) is 2.79. The highest BCUT2D eigenvalue weighted by atomic mass is 32.1. The van der Waals surface area contributed by atoms with Gasteiger partial charge in [-0.15, -0.1) is 11.3 Å². The topological polar surface area (TPSA) is 49.8 Å². The lowest BCUT2D eigenvalue weighted by molar-refractivity contribution is 0.309. The van der Waals surface area contributed by atoms with Crippen LogP contribution >= 0.6 is 11.3 Å². The fraction of sp³-hybridized carbons (Fsp3) is 0.571. The van der Waals surface area contributed by atoms with E-state index in [-0.39, 0.29) is 0 Å². The maximum atomic E-state index is 4.59. The van der Waals surface area contributed by atoms with Crippen LogP contribution < -0.4 is 10.6 Å². The van der Waals surface area contributed by atoms with Gasteiger partial charge < -0.3 is 10.6 Å². The standard InChI is InChI=1S/C14H20N4S/c1-4-10-7-11-12(16-9-5-8(2)6-9)17-14(15-3)18-13(11)19-10/h7-9H,4-6H2,1-3H3,(H2,15,16,17,18). The number of thiophene rings is 1. The molecule has 3 rings (SSSR count). The van der Waals surface area contributed by atoms with Crippen LogP contribution in [-0.2, 0) is 6.42 Å². The van der Waals surface area contributed by atoms with E-state index in [1.54, 1.807) is 11.3 Å². The molecule has 0 bridgehead atoms. The molecule has 0 unspecified atom stereocenters. The molecular formula is C14H20N4S. The number of fused-ring (bicyclic) bond motifs is 1. The number of anilines is 2. The number of rotatable bonds is 4. The van der Waals surface area contributed by atoms with Gasteiger partial charge in [-0.1, -0.05) is 13.8 Å². The van der Waals surface area contributed by atoms with E-state index < -0.39 is 0 Å². The molecular weight excluding hydrogens is 256 g/mol. The predicted molar refractivity (Wildman–Crippen MR) is 82.1 cm³/mol. The van der Waals surface area contributed by atoms with Crippen LogP contribution in [0.1, 0.15) is 31.6 Å². The first kappa shape index (κ1) is 12.7. The number of aryl methyl sites for hydroxylation is 1. The second-order valence-electron chi connectivity index (χ2n) is 5.35. The molecule has 0 radical (unpaired) electrons. The van der Waals surface area contributed by atoms with Crippen LogP contribution in [0.5, 0.6) is 0 Å². The van der Waals surface area contributed by atoms with Crippen LogP contribution in [0.2, 0.25) is 0 Å². The van der Waals surface area contributed by atoms with E-state index >= 15 is 0 Å². The van der Waals surface area contributed by atoms with Gasteiger partial charge in [0.1, 0.15) is 10.6 Å². The Bertz CT molecular complexity index is 586. The van der Waals surface area contributed by atoms with Gasteiger partial charge in [0.15, 0.2) is 0 Å². The summed E-state index contributed by atoms with van der Waals surface area (Å²) in [6.07, 6.45) is 3.53. The van der Waals surface area contributed by atoms with E-state index in [0.717, 1.165) is 23.0 Å². The highest BCUT2D eigenvalue weighted by molar-refractivity contribution is 7.18. The zero-order chi connectivity index (χ0) is 13.4. The van der Waals surface area contributed by atoms with Gasteiger partial charge in [-0.25, -0.2) is 4.98 Å². The van der Waals surface area contributed by atoms with Crippen LogP contribution in [0.25, 0.3) is 10.2 Å². The van der Waals surface area contributed by atoms with Gasteiger partial charge in [0, 0.05) is 18.0 Å². The van der Waals surface area contributed by atoms with E-state index in [9.17, 15) is 0 Å². The SMILES string of the molecule is CCc1cc2c(NC3CC(C)C3)nc(NC)nc2s1. The van der Waals surface area contributed by atoms with Crippen molar-refractivity contribution in [3.8, 4) is 0 Å². The summed E-state index contributed by atoms with van der Waals surface area (Å²) in [5.41, 5.74) is 0. The summed E-state index contributed by atoms with van der Waals surface area (Å²) < 4.78 is 0. The summed E-state index contributed by atoms with van der Waals surface area (Å²) in [4.78, 5) is 11.6. The van der Waals surface area contributed by atoms with Gasteiger partial charge in [0.25, 0.3) is 0 Å². The minimum absolute atomic E-state index is 0.572. The highest BCUT2D eigenvalue weighted by Crippen LogP contribution is 2.34. The van der Waals surface area contributed by atoms with Crippen LogP contribution in [0.4, 0.5) is 11.8 Å². The third-order valence-corrected chi connectivity index (χ3v) is 4.90. The van der Waals surface area contributed by atoms with Crippen LogP contribution in [0.3, 0.4) is 0 Å². The maximum Gasteiger partial charge on any atom is 0.225 e. The molecule has 0 saturated heterocycles. The highest BCUT2D eigenvalue weighted by Gasteiger charge is 2.26. The Hall–Kier alpha value is -1.36. The summed E-state index contributed by atoms with van der Waals surface area (Å²) in [6.45, 7) is 4.48. The van der Waals surface area contributed by atoms with E-state index in [1.807, 2.05) is 7.05 Å². The molecule has 2 aromatic rings. The Morgan fingerprint density at radius 3 is 2.79 bits per heavy atom. The molecule has 2 N–H and O–H groups in total. The lowest BCUT2D eigenvalue weighted by Gasteiger charge is -2.33. The zero-order valence-corrected chi connectivity index (χ0v) is 12.5. The molecule has 1 aliphatic rings. The van der Waals surface area contributed by atoms with Crippen molar-refractivity contribution < 1.29 is 0 Å². The Morgan fingerprint density at radius 1 is 1.37 bits per heavy atom. The van der Waals surface area contributed by atoms with Crippen molar-refractivity contribution in [3.05, 3.63) is 10.9 Å². The summed E-state index contributed by atoms with van der Waals surface area (Å²) in [5, 5.41) is 7.80. The molecule has 5 heteroatoms. The zero-order valence-electron chi connectivity index (χ0n) is 11.7. The minimum Gasteiger partial charge on any atom is -0.367 e. The second kappa shape index (κ2) is 4.96. The second-order valence-corrected chi connectivity index (χ2v) is 6.46. The lowest BCUT2D eigenvalue weighted by Crippen LogP contribution is -2.34. The van der Waals surface area contributed by atoms with Crippen molar-refractivity contribution in [3.63, 3.8) is 0 Å². The average molecular weight is 276 g/mol. The van der Waals surface area contributed by atoms with Crippen LogP contribution in [0.15, 0.2) is 6.07 Å². The molecule has 0 aliphatic heterocycles. The molecule has 2 heterocycles. The molecule has 1 fully saturated rings. The third-order valence-electron chi connectivity index (χ3n) is 3.73.